The summed E-state index contributed by atoms with van der Waals surface area (Å²) in [7, 11) is 0. The number of benzene rings is 1. The molecule has 3 aromatic rings. The fourth-order valence-corrected chi connectivity index (χ4v) is 3.86. The van der Waals surface area contributed by atoms with Crippen molar-refractivity contribution in [2.24, 2.45) is 0 Å². The van der Waals surface area contributed by atoms with Crippen LogP contribution in [0, 0.1) is 0 Å². The summed E-state index contributed by atoms with van der Waals surface area (Å²) in [5, 5.41) is 13.0. The molecular weight excluding hydrogens is 450 g/mol. The molecule has 0 saturated carbocycles. The second kappa shape index (κ2) is 9.95. The lowest BCUT2D eigenvalue weighted by molar-refractivity contribution is 0.0956. The zero-order chi connectivity index (χ0) is 24.3. The molecule has 0 bridgehead atoms. The second-order valence-corrected chi connectivity index (χ2v) is 9.66. The van der Waals surface area contributed by atoms with Gasteiger partial charge in [0.05, 0.1) is 5.02 Å². The molecular formula is C25H30ClN7O. The third-order valence-electron chi connectivity index (χ3n) is 5.57. The highest BCUT2D eigenvalue weighted by Crippen LogP contribution is 2.30. The summed E-state index contributed by atoms with van der Waals surface area (Å²) in [6.45, 7) is 10.4. The van der Waals surface area contributed by atoms with Gasteiger partial charge in [-0.05, 0) is 55.3 Å². The summed E-state index contributed by atoms with van der Waals surface area (Å²) in [5.74, 6) is 0.852. The summed E-state index contributed by atoms with van der Waals surface area (Å²) in [4.78, 5) is 26.4. The summed E-state index contributed by atoms with van der Waals surface area (Å²) < 4.78 is 0. The summed E-state index contributed by atoms with van der Waals surface area (Å²) >= 11 is 6.44. The maximum absolute atomic E-state index is 12.7. The van der Waals surface area contributed by atoms with Crippen LogP contribution in [0.4, 0.5) is 23.3 Å². The summed E-state index contributed by atoms with van der Waals surface area (Å²) in [6, 6.07) is 9.93. The lowest BCUT2D eigenvalue weighted by Gasteiger charge is -2.20. The van der Waals surface area contributed by atoms with Gasteiger partial charge in [0.15, 0.2) is 5.82 Å². The van der Waals surface area contributed by atoms with E-state index in [9.17, 15) is 4.79 Å². The zero-order valence-corrected chi connectivity index (χ0v) is 20.7. The van der Waals surface area contributed by atoms with Crippen molar-refractivity contribution in [3.8, 4) is 0 Å². The number of hydrogen-bond acceptors (Lipinski definition) is 7. The number of nitrogens with one attached hydrogen (secondary N) is 4. The van der Waals surface area contributed by atoms with Gasteiger partial charge in [-0.25, -0.2) is 9.97 Å². The topological polar surface area (TPSA) is 104 Å². The first-order valence-corrected chi connectivity index (χ1v) is 11.8. The number of anilines is 4. The third kappa shape index (κ3) is 5.46. The van der Waals surface area contributed by atoms with Gasteiger partial charge in [-0.2, -0.15) is 4.98 Å². The molecule has 1 aromatic carbocycles. The van der Waals surface area contributed by atoms with Gasteiger partial charge in [-0.1, -0.05) is 38.4 Å². The molecule has 1 aliphatic rings. The smallest absolute Gasteiger partial charge is 0.256 e. The van der Waals surface area contributed by atoms with E-state index in [2.05, 4.69) is 69.1 Å². The molecule has 2 aromatic heterocycles. The van der Waals surface area contributed by atoms with Crippen LogP contribution in [-0.2, 0) is 18.4 Å². The van der Waals surface area contributed by atoms with Crippen LogP contribution in [0.3, 0.4) is 0 Å². The van der Waals surface area contributed by atoms with Crippen molar-refractivity contribution in [2.45, 2.75) is 46.1 Å². The molecule has 0 radical (unpaired) electrons. The van der Waals surface area contributed by atoms with Crippen LogP contribution < -0.4 is 21.3 Å². The van der Waals surface area contributed by atoms with Crippen molar-refractivity contribution >= 4 is 40.8 Å². The van der Waals surface area contributed by atoms with Gasteiger partial charge in [0.2, 0.25) is 5.95 Å². The summed E-state index contributed by atoms with van der Waals surface area (Å²) in [6.07, 6.45) is 2.48. The minimum atomic E-state index is -0.277. The van der Waals surface area contributed by atoms with E-state index >= 15 is 0 Å². The number of carbonyl (C=O) groups is 1. The third-order valence-corrected chi connectivity index (χ3v) is 5.88. The van der Waals surface area contributed by atoms with Crippen LogP contribution in [-0.4, -0.2) is 33.9 Å². The van der Waals surface area contributed by atoms with Gasteiger partial charge in [-0.15, -0.1) is 0 Å². The number of carbonyl (C=O) groups excluding carboxylic acids is 1. The largest absolute Gasteiger partial charge is 0.352 e. The quantitative estimate of drug-likeness (QED) is 0.406. The highest BCUT2D eigenvalue weighted by Gasteiger charge is 2.20. The molecule has 0 unspecified atom stereocenters. The monoisotopic (exact) mass is 479 g/mol. The highest BCUT2D eigenvalue weighted by atomic mass is 35.5. The van der Waals surface area contributed by atoms with Gasteiger partial charge in [-0.3, -0.25) is 4.79 Å². The molecule has 1 aliphatic heterocycles. The van der Waals surface area contributed by atoms with Gasteiger partial charge < -0.3 is 21.3 Å². The SMILES string of the molecule is CCNC(=O)c1cnc(Nc2ccc3c(c2)CCNC3)nc1Nc1nc(C(C)(C)C)ccc1Cl. The Kier molecular flexibility index (Phi) is 7.00. The molecule has 0 fully saturated rings. The van der Waals surface area contributed by atoms with E-state index in [1.165, 1.54) is 17.3 Å². The molecule has 34 heavy (non-hydrogen) atoms. The average Bonchev–Trinajstić information content (AvgIpc) is 2.80. The van der Waals surface area contributed by atoms with E-state index in [-0.39, 0.29) is 11.3 Å². The Morgan fingerprint density at radius 1 is 1.09 bits per heavy atom. The van der Waals surface area contributed by atoms with E-state index in [0.29, 0.717) is 34.7 Å². The Balaban J connectivity index is 1.67. The molecule has 9 heteroatoms. The van der Waals surface area contributed by atoms with Gasteiger partial charge in [0.25, 0.3) is 5.91 Å². The Morgan fingerprint density at radius 2 is 1.91 bits per heavy atom. The van der Waals surface area contributed by atoms with E-state index in [1.807, 2.05) is 19.1 Å². The first-order valence-electron chi connectivity index (χ1n) is 11.4. The van der Waals surface area contributed by atoms with E-state index < -0.39 is 0 Å². The Hall–Kier alpha value is -3.23. The number of nitrogens with zero attached hydrogens (tertiary/aromatic N) is 3. The van der Waals surface area contributed by atoms with Crippen LogP contribution in [0.1, 0.15) is 54.9 Å². The lowest BCUT2D eigenvalue weighted by Crippen LogP contribution is -2.24. The van der Waals surface area contributed by atoms with Crippen molar-refractivity contribution in [3.63, 3.8) is 0 Å². The van der Waals surface area contributed by atoms with Crippen LogP contribution in [0.15, 0.2) is 36.5 Å². The van der Waals surface area contributed by atoms with Gasteiger partial charge >= 0.3 is 0 Å². The second-order valence-electron chi connectivity index (χ2n) is 9.25. The first-order chi connectivity index (χ1) is 16.2. The van der Waals surface area contributed by atoms with Crippen molar-refractivity contribution < 1.29 is 4.79 Å². The van der Waals surface area contributed by atoms with Gasteiger partial charge in [0.1, 0.15) is 11.4 Å². The number of rotatable bonds is 6. The lowest BCUT2D eigenvalue weighted by atomic mass is 9.92. The Labute approximate surface area is 205 Å². The van der Waals surface area contributed by atoms with Crippen LogP contribution in [0.2, 0.25) is 5.02 Å². The first kappa shape index (κ1) is 23.9. The number of aromatic nitrogens is 3. The van der Waals surface area contributed by atoms with Crippen LogP contribution in [0.25, 0.3) is 0 Å². The van der Waals surface area contributed by atoms with Crippen molar-refractivity contribution in [2.75, 3.05) is 23.7 Å². The standard InChI is InChI=1S/C25H30ClN7O/c1-5-28-23(34)18-14-29-24(30-17-7-6-16-13-27-11-10-15(16)12-17)33-21(18)32-22-19(26)8-9-20(31-22)25(2,3)4/h6-9,12,14,27H,5,10-11,13H2,1-4H3,(H,28,34)(H2,29,30,31,32,33). The summed E-state index contributed by atoms with van der Waals surface area (Å²) in [5.41, 5.74) is 4.51. The van der Waals surface area contributed by atoms with E-state index in [1.54, 1.807) is 6.07 Å². The van der Waals surface area contributed by atoms with Gasteiger partial charge in [0, 0.05) is 36.1 Å². The van der Waals surface area contributed by atoms with Crippen molar-refractivity contribution in [3.05, 3.63) is 63.9 Å². The Morgan fingerprint density at radius 3 is 2.68 bits per heavy atom. The van der Waals surface area contributed by atoms with Crippen LogP contribution in [0.5, 0.6) is 0 Å². The molecule has 1 amide bonds. The van der Waals surface area contributed by atoms with E-state index in [4.69, 9.17) is 11.6 Å². The molecule has 0 saturated heterocycles. The number of hydrogen-bond donors (Lipinski definition) is 4. The maximum Gasteiger partial charge on any atom is 0.256 e. The van der Waals surface area contributed by atoms with Crippen molar-refractivity contribution in [1.29, 1.82) is 0 Å². The zero-order valence-electron chi connectivity index (χ0n) is 19.9. The molecule has 8 nitrogen and oxygen atoms in total. The molecule has 0 atom stereocenters. The molecule has 4 N–H and O–H groups in total. The number of pyridine rings is 1. The predicted octanol–water partition coefficient (Wildman–Crippen LogP) is 4.71. The maximum atomic E-state index is 12.7. The minimum Gasteiger partial charge on any atom is -0.352 e. The fourth-order valence-electron chi connectivity index (χ4n) is 3.70. The highest BCUT2D eigenvalue weighted by molar-refractivity contribution is 6.33. The molecule has 178 valence electrons. The minimum absolute atomic E-state index is 0.163. The molecule has 3 heterocycles. The van der Waals surface area contributed by atoms with Crippen LogP contribution >= 0.6 is 11.6 Å². The fraction of sp³-hybridized carbons (Fsp3) is 0.360. The molecule has 4 rings (SSSR count). The van der Waals surface area contributed by atoms with E-state index in [0.717, 1.165) is 30.9 Å². The molecule has 0 aliphatic carbocycles. The van der Waals surface area contributed by atoms with Crippen molar-refractivity contribution in [1.82, 2.24) is 25.6 Å². The average molecular weight is 480 g/mol. The Bertz CT molecular complexity index is 1210. The number of fused-ring (bicyclic) bond motifs is 1. The molecule has 0 spiro atoms. The number of amides is 1. The predicted molar refractivity (Wildman–Crippen MR) is 136 cm³/mol. The normalized spacial score (nSPS) is 13.2. The number of halogens is 1.